The third-order valence-corrected chi connectivity index (χ3v) is 11.3. The third-order valence-electron chi connectivity index (χ3n) is 11.3. The topological polar surface area (TPSA) is 48.8 Å². The number of rotatable bonds is 9. The van der Waals surface area contributed by atoms with Gasteiger partial charge in [0.15, 0.2) is 0 Å². The smallest absolute Gasteiger partial charge is 0.0716 e. The number of nitrogens with one attached hydrogen (secondary N) is 2. The molecule has 3 nitrogen and oxygen atoms in total. The molecule has 0 radical (unpaired) electrons. The van der Waals surface area contributed by atoms with Crippen LogP contribution < -0.4 is 5.32 Å². The Kier molecular flexibility index (Phi) is 10.1. The predicted octanol–water partition coefficient (Wildman–Crippen LogP) is 14.5. The van der Waals surface area contributed by atoms with Gasteiger partial charge in [0.2, 0.25) is 0 Å². The predicted molar refractivity (Wildman–Crippen MR) is 255 cm³/mol. The van der Waals surface area contributed by atoms with E-state index in [1.165, 1.54) is 0 Å². The summed E-state index contributed by atoms with van der Waals surface area (Å²) in [4.78, 5) is 5.38. The molecule has 0 atom stereocenters. The van der Waals surface area contributed by atoms with Gasteiger partial charge in [0.25, 0.3) is 0 Å². The van der Waals surface area contributed by atoms with Crippen LogP contribution in [-0.2, 0) is 0 Å². The summed E-state index contributed by atoms with van der Waals surface area (Å²) in [5.41, 5.74) is 18.7. The Bertz CT molecular complexity index is 3010. The van der Waals surface area contributed by atoms with Crippen molar-refractivity contribution in [2.45, 2.75) is 0 Å². The number of allylic oxidation sites excluding steroid dienone is 1. The highest BCUT2D eigenvalue weighted by Gasteiger charge is 2.25. The van der Waals surface area contributed by atoms with Gasteiger partial charge in [-0.15, -0.1) is 0 Å². The molecule has 9 aromatic rings. The molecule has 1 aromatic heterocycles. The zero-order valence-electron chi connectivity index (χ0n) is 33.5. The minimum absolute atomic E-state index is 0.449. The molecule has 288 valence electrons. The number of aromatic nitrogens is 1. The number of nitrogens with zero attached hydrogens (tertiary/aromatic N) is 1. The summed E-state index contributed by atoms with van der Waals surface area (Å²) in [5, 5.41) is 13.6. The van der Waals surface area contributed by atoms with Crippen molar-refractivity contribution in [1.82, 2.24) is 10.3 Å². The molecule has 0 fully saturated rings. The molecule has 2 N–H and O–H groups in total. The quantitative estimate of drug-likeness (QED) is 0.143. The van der Waals surface area contributed by atoms with Gasteiger partial charge in [0.1, 0.15) is 0 Å². The van der Waals surface area contributed by atoms with Crippen LogP contribution in [0.15, 0.2) is 231 Å². The lowest BCUT2D eigenvalue weighted by atomic mass is 9.86. The molecule has 61 heavy (non-hydrogen) atoms. The zero-order valence-corrected chi connectivity index (χ0v) is 33.5. The minimum atomic E-state index is 0.449. The van der Waals surface area contributed by atoms with E-state index in [-0.39, 0.29) is 0 Å². The highest BCUT2D eigenvalue weighted by atomic mass is 14.9. The van der Waals surface area contributed by atoms with E-state index in [0.29, 0.717) is 5.71 Å². The van der Waals surface area contributed by atoms with Crippen molar-refractivity contribution in [3.63, 3.8) is 0 Å². The van der Waals surface area contributed by atoms with Crippen molar-refractivity contribution in [3.8, 4) is 55.9 Å². The van der Waals surface area contributed by atoms with Gasteiger partial charge in [-0.2, -0.15) is 0 Å². The van der Waals surface area contributed by atoms with Crippen molar-refractivity contribution in [1.29, 1.82) is 5.41 Å². The average Bonchev–Trinajstić information content (AvgIpc) is 3.35. The van der Waals surface area contributed by atoms with Crippen molar-refractivity contribution in [2.75, 3.05) is 0 Å². The van der Waals surface area contributed by atoms with Crippen molar-refractivity contribution >= 4 is 28.8 Å². The van der Waals surface area contributed by atoms with Gasteiger partial charge in [0.05, 0.1) is 22.8 Å². The standard InChI is InChI=1S/C58H41N3/c59-57(45-29-17-6-18-30-45)56(44-27-15-5-16-28-44)58-52-36-46(31-32-47(52)37-54(61-58)43-25-13-4-14-26-43)50-38-53(42-23-11-3-12-24-42)60-55(39-50)51-34-48(40-19-7-1-8-20-40)33-49(35-51)41-21-9-2-10-22-41/h1-39,59,61H/b58-56-,59-57?. The maximum Gasteiger partial charge on any atom is 0.0716 e. The summed E-state index contributed by atoms with van der Waals surface area (Å²) in [7, 11) is 0. The molecular weight excluding hydrogens is 739 g/mol. The highest BCUT2D eigenvalue weighted by Crippen LogP contribution is 2.40. The van der Waals surface area contributed by atoms with E-state index >= 15 is 0 Å². The maximum absolute atomic E-state index is 9.77. The number of hydrogen-bond acceptors (Lipinski definition) is 3. The van der Waals surface area contributed by atoms with E-state index in [4.69, 9.17) is 4.98 Å². The van der Waals surface area contributed by atoms with Crippen molar-refractivity contribution < 1.29 is 0 Å². The van der Waals surface area contributed by atoms with E-state index in [0.717, 1.165) is 101 Å². The van der Waals surface area contributed by atoms with E-state index < -0.39 is 0 Å². The van der Waals surface area contributed by atoms with E-state index in [1.54, 1.807) is 0 Å². The fourth-order valence-electron chi connectivity index (χ4n) is 8.18. The molecule has 0 bridgehead atoms. The molecule has 0 aliphatic carbocycles. The Hall–Kier alpha value is -8.14. The van der Waals surface area contributed by atoms with E-state index in [9.17, 15) is 5.41 Å². The van der Waals surface area contributed by atoms with Crippen LogP contribution in [0.3, 0.4) is 0 Å². The van der Waals surface area contributed by atoms with E-state index in [1.807, 2.05) is 60.7 Å². The molecule has 3 heteroatoms. The molecule has 0 unspecified atom stereocenters. The summed E-state index contributed by atoms with van der Waals surface area (Å²) in [6.45, 7) is 0. The molecule has 0 saturated carbocycles. The SMILES string of the molecule is N=C(/C(=C1\NC(c2ccccc2)=Cc2ccc(-c3cc(-c4ccccc4)nc(-c4cc(-c5ccccc5)cc(-c5ccccc5)c4)c3)cc21)c1ccccc1)c1ccccc1. The first-order chi connectivity index (χ1) is 30.1. The monoisotopic (exact) mass is 779 g/mol. The Morgan fingerprint density at radius 1 is 0.361 bits per heavy atom. The van der Waals surface area contributed by atoms with Crippen LogP contribution in [0.1, 0.15) is 27.8 Å². The second-order valence-corrected chi connectivity index (χ2v) is 15.2. The minimum Gasteiger partial charge on any atom is -0.354 e. The molecule has 1 aliphatic heterocycles. The Morgan fingerprint density at radius 2 is 0.803 bits per heavy atom. The summed E-state index contributed by atoms with van der Waals surface area (Å²) in [6.07, 6.45) is 2.22. The number of pyridine rings is 1. The summed E-state index contributed by atoms with van der Waals surface area (Å²) < 4.78 is 0. The molecule has 0 saturated heterocycles. The van der Waals surface area contributed by atoms with Gasteiger partial charge < -0.3 is 5.32 Å². The average molecular weight is 780 g/mol. The maximum atomic E-state index is 9.77. The highest BCUT2D eigenvalue weighted by molar-refractivity contribution is 6.36. The Morgan fingerprint density at radius 3 is 1.36 bits per heavy atom. The van der Waals surface area contributed by atoms with Crippen LogP contribution in [0.4, 0.5) is 0 Å². The lowest BCUT2D eigenvalue weighted by molar-refractivity contribution is 1.22. The van der Waals surface area contributed by atoms with Crippen LogP contribution >= 0.6 is 0 Å². The lowest BCUT2D eigenvalue weighted by Gasteiger charge is -2.27. The van der Waals surface area contributed by atoms with Gasteiger partial charge in [-0.3, -0.25) is 5.41 Å². The molecule has 1 aliphatic rings. The first kappa shape index (κ1) is 37.2. The Labute approximate surface area is 357 Å². The molecule has 8 aromatic carbocycles. The lowest BCUT2D eigenvalue weighted by Crippen LogP contribution is -2.20. The number of fused-ring (bicyclic) bond motifs is 1. The second-order valence-electron chi connectivity index (χ2n) is 15.2. The molecular formula is C58H41N3. The number of benzene rings is 8. The second kappa shape index (κ2) is 16.6. The fraction of sp³-hybridized carbons (Fsp3) is 0. The van der Waals surface area contributed by atoms with Gasteiger partial charge in [-0.25, -0.2) is 4.98 Å². The van der Waals surface area contributed by atoms with Crippen LogP contribution in [-0.4, -0.2) is 10.7 Å². The van der Waals surface area contributed by atoms with Gasteiger partial charge in [-0.05, 0) is 92.5 Å². The van der Waals surface area contributed by atoms with Crippen LogP contribution in [0, 0.1) is 5.41 Å². The Balaban J connectivity index is 1.20. The normalized spacial score (nSPS) is 12.8. The van der Waals surface area contributed by atoms with Gasteiger partial charge >= 0.3 is 0 Å². The number of hydrogen-bond donors (Lipinski definition) is 2. The van der Waals surface area contributed by atoms with Gasteiger partial charge in [0, 0.05) is 33.5 Å². The summed E-state index contributed by atoms with van der Waals surface area (Å²) in [5.74, 6) is 0. The van der Waals surface area contributed by atoms with Crippen LogP contribution in [0.25, 0.3) is 78.9 Å². The molecule has 2 heterocycles. The fourth-order valence-corrected chi connectivity index (χ4v) is 8.18. The summed E-state index contributed by atoms with van der Waals surface area (Å²) in [6, 6.07) is 80.2. The first-order valence-corrected chi connectivity index (χ1v) is 20.6. The van der Waals surface area contributed by atoms with Crippen molar-refractivity contribution in [3.05, 3.63) is 258 Å². The van der Waals surface area contributed by atoms with Crippen LogP contribution in [0.2, 0.25) is 0 Å². The molecule has 0 amide bonds. The first-order valence-electron chi connectivity index (χ1n) is 20.6. The van der Waals surface area contributed by atoms with E-state index in [2.05, 4.69) is 181 Å². The zero-order chi connectivity index (χ0) is 41.0. The largest absolute Gasteiger partial charge is 0.354 e. The summed E-state index contributed by atoms with van der Waals surface area (Å²) >= 11 is 0. The third kappa shape index (κ3) is 7.76. The molecule has 10 rings (SSSR count). The molecule has 0 spiro atoms. The van der Waals surface area contributed by atoms with Crippen molar-refractivity contribution in [2.24, 2.45) is 0 Å². The van der Waals surface area contributed by atoms with Crippen LogP contribution in [0.5, 0.6) is 0 Å². The van der Waals surface area contributed by atoms with Gasteiger partial charge in [-0.1, -0.05) is 194 Å².